The molecule has 0 unspecified atom stereocenters. The van der Waals surface area contributed by atoms with Crippen molar-refractivity contribution in [2.75, 3.05) is 12.8 Å². The fraction of sp³-hybridized carbons (Fsp3) is 0.400. The highest BCUT2D eigenvalue weighted by atomic mass is 31.2. The number of cyclic esters (lactones) is 1. The summed E-state index contributed by atoms with van der Waals surface area (Å²) in [6.07, 6.45) is 0.720. The summed E-state index contributed by atoms with van der Waals surface area (Å²) in [5.41, 5.74) is 0.350. The van der Waals surface area contributed by atoms with E-state index >= 15 is 0 Å². The summed E-state index contributed by atoms with van der Waals surface area (Å²) in [5.74, 6) is -0.534. The average Bonchev–Trinajstić information content (AvgIpc) is 2.10. The van der Waals surface area contributed by atoms with Crippen molar-refractivity contribution >= 4 is 13.6 Å². The van der Waals surface area contributed by atoms with E-state index in [0.717, 1.165) is 6.08 Å². The van der Waals surface area contributed by atoms with Crippen molar-refractivity contribution < 1.29 is 23.9 Å². The molecule has 1 aliphatic heterocycles. The Labute approximate surface area is 62.8 Å². The molecule has 11 heavy (non-hydrogen) atoms. The molecular formula is C5H7O5P. The molecule has 0 aromatic rings. The second-order valence-corrected chi connectivity index (χ2v) is 3.88. The lowest BCUT2D eigenvalue weighted by atomic mass is 10.3. The molecule has 0 saturated heterocycles. The molecule has 0 spiro atoms. The largest absolute Gasteiger partial charge is 0.458 e. The Morgan fingerprint density at radius 1 is 1.64 bits per heavy atom. The highest BCUT2D eigenvalue weighted by Gasteiger charge is 2.21. The minimum atomic E-state index is -4.04. The Morgan fingerprint density at radius 3 is 2.64 bits per heavy atom. The zero-order chi connectivity index (χ0) is 8.48. The molecule has 0 fully saturated rings. The van der Waals surface area contributed by atoms with Crippen LogP contribution in [0.25, 0.3) is 0 Å². The third kappa shape index (κ3) is 2.84. The monoisotopic (exact) mass is 178 g/mol. The highest BCUT2D eigenvalue weighted by molar-refractivity contribution is 7.52. The Bertz CT molecular complexity index is 250. The Kier molecular flexibility index (Phi) is 2.13. The van der Waals surface area contributed by atoms with Crippen LogP contribution < -0.4 is 0 Å². The van der Waals surface area contributed by atoms with E-state index in [-0.39, 0.29) is 6.61 Å². The number of carbonyl (C=O) groups excluding carboxylic acids is 1. The summed E-state index contributed by atoms with van der Waals surface area (Å²) in [6.45, 7) is 0.00391. The van der Waals surface area contributed by atoms with Crippen LogP contribution in [0, 0.1) is 0 Å². The number of hydrogen-bond acceptors (Lipinski definition) is 3. The van der Waals surface area contributed by atoms with Gasteiger partial charge in [-0.3, -0.25) is 4.57 Å². The first kappa shape index (κ1) is 8.46. The Hall–Kier alpha value is -0.640. The van der Waals surface area contributed by atoms with Crippen LogP contribution in [0.3, 0.4) is 0 Å². The van der Waals surface area contributed by atoms with E-state index in [0.29, 0.717) is 5.57 Å². The topological polar surface area (TPSA) is 83.8 Å². The molecule has 0 aliphatic carbocycles. The van der Waals surface area contributed by atoms with Crippen molar-refractivity contribution in [1.29, 1.82) is 0 Å². The van der Waals surface area contributed by atoms with Crippen LogP contribution in [0.2, 0.25) is 0 Å². The molecule has 0 saturated carbocycles. The molecule has 1 rings (SSSR count). The predicted molar refractivity (Wildman–Crippen MR) is 36.0 cm³/mol. The summed E-state index contributed by atoms with van der Waals surface area (Å²) in [5, 5.41) is 0. The fourth-order valence-electron chi connectivity index (χ4n) is 0.770. The summed E-state index contributed by atoms with van der Waals surface area (Å²) in [7, 11) is -4.04. The van der Waals surface area contributed by atoms with E-state index < -0.39 is 19.7 Å². The number of ether oxygens (including phenoxy) is 1. The van der Waals surface area contributed by atoms with E-state index in [4.69, 9.17) is 9.79 Å². The van der Waals surface area contributed by atoms with Crippen LogP contribution in [-0.2, 0) is 14.1 Å². The van der Waals surface area contributed by atoms with Crippen LogP contribution in [0.5, 0.6) is 0 Å². The van der Waals surface area contributed by atoms with Crippen LogP contribution in [0.15, 0.2) is 11.6 Å². The number of rotatable bonds is 2. The molecule has 2 N–H and O–H groups in total. The third-order valence-electron chi connectivity index (χ3n) is 1.13. The molecule has 6 heteroatoms. The van der Waals surface area contributed by atoms with Gasteiger partial charge in [0.2, 0.25) is 0 Å². The normalized spacial score (nSPS) is 18.0. The van der Waals surface area contributed by atoms with E-state index in [1.807, 2.05) is 0 Å². The van der Waals surface area contributed by atoms with Crippen LogP contribution in [0.1, 0.15) is 0 Å². The van der Waals surface area contributed by atoms with Crippen molar-refractivity contribution in [3.05, 3.63) is 11.6 Å². The molecule has 5 nitrogen and oxygen atoms in total. The summed E-state index contributed by atoms with van der Waals surface area (Å²) < 4.78 is 14.8. The van der Waals surface area contributed by atoms with Crippen molar-refractivity contribution in [3.63, 3.8) is 0 Å². The zero-order valence-electron chi connectivity index (χ0n) is 5.56. The summed E-state index contributed by atoms with van der Waals surface area (Å²) in [4.78, 5) is 27.3. The predicted octanol–water partition coefficient (Wildman–Crippen LogP) is -0.353. The average molecular weight is 178 g/mol. The lowest BCUT2D eigenvalue weighted by Crippen LogP contribution is -1.95. The molecule has 0 amide bonds. The van der Waals surface area contributed by atoms with Gasteiger partial charge in [0.15, 0.2) is 0 Å². The van der Waals surface area contributed by atoms with Crippen molar-refractivity contribution in [2.45, 2.75) is 0 Å². The fourth-order valence-corrected chi connectivity index (χ4v) is 1.48. The van der Waals surface area contributed by atoms with Crippen LogP contribution in [0.4, 0.5) is 0 Å². The van der Waals surface area contributed by atoms with Gasteiger partial charge in [-0.1, -0.05) is 0 Å². The lowest BCUT2D eigenvalue weighted by molar-refractivity contribution is -0.134. The SMILES string of the molecule is O=C1C=C(CP(=O)(O)O)CO1. The number of carbonyl (C=O) groups is 1. The molecule has 0 aromatic carbocycles. The molecule has 0 atom stereocenters. The second kappa shape index (κ2) is 2.77. The number of hydrogen-bond donors (Lipinski definition) is 2. The first-order chi connectivity index (χ1) is 4.97. The summed E-state index contributed by atoms with van der Waals surface area (Å²) in [6, 6.07) is 0. The van der Waals surface area contributed by atoms with Gasteiger partial charge in [0.25, 0.3) is 0 Å². The standard InChI is InChI=1S/C5H7O5P/c6-5-1-4(2-10-5)3-11(7,8)9/h1H,2-3H2,(H2,7,8,9). The molecular weight excluding hydrogens is 171 g/mol. The van der Waals surface area contributed by atoms with Gasteiger partial charge in [-0.05, 0) is 5.57 Å². The van der Waals surface area contributed by atoms with Gasteiger partial charge in [-0.15, -0.1) is 0 Å². The molecule has 0 radical (unpaired) electrons. The third-order valence-corrected chi connectivity index (χ3v) is 1.95. The van der Waals surface area contributed by atoms with E-state index in [1.165, 1.54) is 0 Å². The molecule has 1 heterocycles. The smallest absolute Gasteiger partial charge is 0.331 e. The Morgan fingerprint density at radius 2 is 2.27 bits per heavy atom. The lowest BCUT2D eigenvalue weighted by Gasteiger charge is -2.01. The number of esters is 1. The van der Waals surface area contributed by atoms with E-state index in [9.17, 15) is 9.36 Å². The van der Waals surface area contributed by atoms with Crippen molar-refractivity contribution in [1.82, 2.24) is 0 Å². The minimum Gasteiger partial charge on any atom is -0.458 e. The zero-order valence-corrected chi connectivity index (χ0v) is 6.45. The first-order valence-corrected chi connectivity index (χ1v) is 4.68. The van der Waals surface area contributed by atoms with E-state index in [1.54, 1.807) is 0 Å². The summed E-state index contributed by atoms with van der Waals surface area (Å²) >= 11 is 0. The van der Waals surface area contributed by atoms with Gasteiger partial charge < -0.3 is 14.5 Å². The maximum atomic E-state index is 10.4. The van der Waals surface area contributed by atoms with Crippen molar-refractivity contribution in [2.24, 2.45) is 0 Å². The highest BCUT2D eigenvalue weighted by Crippen LogP contribution is 2.37. The van der Waals surface area contributed by atoms with Crippen LogP contribution in [-0.4, -0.2) is 28.5 Å². The van der Waals surface area contributed by atoms with Crippen molar-refractivity contribution in [3.8, 4) is 0 Å². The molecule has 0 bridgehead atoms. The van der Waals surface area contributed by atoms with Gasteiger partial charge in [0, 0.05) is 6.08 Å². The van der Waals surface area contributed by atoms with E-state index in [2.05, 4.69) is 4.74 Å². The second-order valence-electron chi connectivity index (χ2n) is 2.23. The van der Waals surface area contributed by atoms with Gasteiger partial charge in [0.1, 0.15) is 6.61 Å². The molecule has 62 valence electrons. The van der Waals surface area contributed by atoms with Gasteiger partial charge in [-0.25, -0.2) is 4.79 Å². The van der Waals surface area contributed by atoms with Gasteiger partial charge in [-0.2, -0.15) is 0 Å². The minimum absolute atomic E-state index is 0.00391. The Balaban J connectivity index is 2.59. The molecule has 1 aliphatic rings. The maximum absolute atomic E-state index is 10.4. The van der Waals surface area contributed by atoms with Gasteiger partial charge in [0.05, 0.1) is 6.16 Å². The first-order valence-electron chi connectivity index (χ1n) is 2.88. The quantitative estimate of drug-likeness (QED) is 0.446. The van der Waals surface area contributed by atoms with Crippen LogP contribution >= 0.6 is 7.60 Å². The van der Waals surface area contributed by atoms with Gasteiger partial charge >= 0.3 is 13.6 Å². The molecule has 0 aromatic heterocycles. The maximum Gasteiger partial charge on any atom is 0.331 e.